The second kappa shape index (κ2) is 7.44. The molecule has 3 aromatic carbocycles. The summed E-state index contributed by atoms with van der Waals surface area (Å²) in [5, 5.41) is 0.706. The van der Waals surface area contributed by atoms with Crippen molar-refractivity contribution in [2.75, 3.05) is 11.9 Å². The lowest BCUT2D eigenvalue weighted by Gasteiger charge is -2.19. The average molecular weight is 406 g/mol. The summed E-state index contributed by atoms with van der Waals surface area (Å²) in [7, 11) is -2.04. The molecule has 0 bridgehead atoms. The van der Waals surface area contributed by atoms with E-state index in [1.807, 2.05) is 65.2 Å². The van der Waals surface area contributed by atoms with Gasteiger partial charge in [-0.2, -0.15) is 0 Å². The Morgan fingerprint density at radius 1 is 0.862 bits per heavy atom. The highest BCUT2D eigenvalue weighted by Gasteiger charge is 2.21. The Bertz CT molecular complexity index is 1270. The van der Waals surface area contributed by atoms with Crippen LogP contribution < -0.4 is 9.62 Å². The minimum Gasteiger partial charge on any atom is -0.451 e. The molecule has 1 aromatic heterocycles. The molecule has 1 heterocycles. The molecule has 0 spiro atoms. The van der Waals surface area contributed by atoms with Crippen LogP contribution in [-0.2, 0) is 10.0 Å². The predicted octanol–water partition coefficient (Wildman–Crippen LogP) is 4.32. The Morgan fingerprint density at radius 2 is 1.52 bits per heavy atom. The molecule has 4 rings (SSSR count). The monoisotopic (exact) mass is 406 g/mol. The number of carbonyl (C=O) groups excluding carboxylic acids is 1. The maximum absolute atomic E-state index is 12.4. The first-order valence-corrected chi connectivity index (χ1v) is 10.4. The number of sulfonamides is 1. The highest BCUT2D eigenvalue weighted by atomic mass is 32.2. The van der Waals surface area contributed by atoms with Crippen molar-refractivity contribution in [2.24, 2.45) is 0 Å². The number of nitrogens with zero attached hydrogens (tertiary/aromatic N) is 1. The van der Waals surface area contributed by atoms with E-state index in [1.54, 1.807) is 18.2 Å². The normalized spacial score (nSPS) is 11.3. The van der Waals surface area contributed by atoms with Crippen molar-refractivity contribution in [1.82, 2.24) is 4.72 Å². The molecule has 1 N–H and O–H groups in total. The molecule has 0 saturated heterocycles. The summed E-state index contributed by atoms with van der Waals surface area (Å²) in [5.74, 6) is -0.887. The van der Waals surface area contributed by atoms with Gasteiger partial charge < -0.3 is 9.32 Å². The van der Waals surface area contributed by atoms with E-state index < -0.39 is 15.9 Å². The molecule has 0 aliphatic rings. The van der Waals surface area contributed by atoms with Gasteiger partial charge in [-0.1, -0.05) is 36.4 Å². The molecule has 6 nitrogen and oxygen atoms in total. The Balaban J connectivity index is 1.60. The van der Waals surface area contributed by atoms with Crippen molar-refractivity contribution in [2.45, 2.75) is 4.90 Å². The van der Waals surface area contributed by atoms with Crippen LogP contribution in [-0.4, -0.2) is 21.4 Å². The van der Waals surface area contributed by atoms with E-state index in [9.17, 15) is 13.2 Å². The van der Waals surface area contributed by atoms with Gasteiger partial charge in [0.1, 0.15) is 5.58 Å². The lowest BCUT2D eigenvalue weighted by Crippen LogP contribution is -2.30. The summed E-state index contributed by atoms with van der Waals surface area (Å²) < 4.78 is 32.4. The van der Waals surface area contributed by atoms with E-state index in [-0.39, 0.29) is 10.7 Å². The van der Waals surface area contributed by atoms with Crippen LogP contribution in [0.15, 0.2) is 94.2 Å². The summed E-state index contributed by atoms with van der Waals surface area (Å²) in [6.07, 6.45) is 0. The maximum Gasteiger partial charge on any atom is 0.300 e. The minimum absolute atomic E-state index is 0.0104. The summed E-state index contributed by atoms with van der Waals surface area (Å²) in [6.45, 7) is 0. The van der Waals surface area contributed by atoms with E-state index in [4.69, 9.17) is 4.42 Å². The Labute approximate surface area is 168 Å². The van der Waals surface area contributed by atoms with E-state index in [2.05, 4.69) is 0 Å². The molecular formula is C22H18N2O4S. The SMILES string of the molecule is CN(c1ccccc1)c1ccc2cc(C(=O)NS(=O)(=O)c3ccccc3)oc2c1. The third-order valence-electron chi connectivity index (χ3n) is 4.54. The molecule has 0 atom stereocenters. The molecule has 0 radical (unpaired) electrons. The number of hydrogen-bond acceptors (Lipinski definition) is 5. The van der Waals surface area contributed by atoms with Gasteiger partial charge in [0, 0.05) is 29.9 Å². The first kappa shape index (κ1) is 18.8. The number of furan rings is 1. The van der Waals surface area contributed by atoms with Gasteiger partial charge in [-0.05, 0) is 42.5 Å². The lowest BCUT2D eigenvalue weighted by atomic mass is 10.2. The maximum atomic E-state index is 12.4. The fourth-order valence-corrected chi connectivity index (χ4v) is 3.95. The van der Waals surface area contributed by atoms with Crippen molar-refractivity contribution in [3.63, 3.8) is 0 Å². The topological polar surface area (TPSA) is 79.6 Å². The molecular weight excluding hydrogens is 388 g/mol. The van der Waals surface area contributed by atoms with Crippen LogP contribution in [0, 0.1) is 0 Å². The zero-order valence-corrected chi connectivity index (χ0v) is 16.4. The van der Waals surface area contributed by atoms with Crippen molar-refractivity contribution < 1.29 is 17.6 Å². The zero-order valence-electron chi connectivity index (χ0n) is 15.6. The third-order valence-corrected chi connectivity index (χ3v) is 5.89. The zero-order chi connectivity index (χ0) is 20.4. The standard InChI is InChI=1S/C22H18N2O4S/c1-24(17-8-4-2-5-9-17)18-13-12-16-14-21(28-20(16)15-18)22(25)23-29(26,27)19-10-6-3-7-11-19/h2-15H,1H3,(H,23,25). The van der Waals surface area contributed by atoms with Gasteiger partial charge in [-0.25, -0.2) is 13.1 Å². The molecule has 29 heavy (non-hydrogen) atoms. The van der Waals surface area contributed by atoms with E-state index >= 15 is 0 Å². The number of para-hydroxylation sites is 1. The van der Waals surface area contributed by atoms with Gasteiger partial charge in [0.2, 0.25) is 0 Å². The van der Waals surface area contributed by atoms with Gasteiger partial charge in [-0.15, -0.1) is 0 Å². The van der Waals surface area contributed by atoms with Gasteiger partial charge in [0.15, 0.2) is 5.76 Å². The molecule has 0 aliphatic carbocycles. The highest BCUT2D eigenvalue weighted by molar-refractivity contribution is 7.90. The number of nitrogens with one attached hydrogen (secondary N) is 1. The smallest absolute Gasteiger partial charge is 0.300 e. The van der Waals surface area contributed by atoms with Crippen LogP contribution in [0.3, 0.4) is 0 Å². The number of fused-ring (bicyclic) bond motifs is 1. The number of benzene rings is 3. The second-order valence-corrected chi connectivity index (χ2v) is 8.16. The highest BCUT2D eigenvalue weighted by Crippen LogP contribution is 2.28. The molecule has 146 valence electrons. The van der Waals surface area contributed by atoms with E-state index in [0.29, 0.717) is 11.0 Å². The van der Waals surface area contributed by atoms with Crippen molar-refractivity contribution in [3.8, 4) is 0 Å². The van der Waals surface area contributed by atoms with Crippen LogP contribution in [0.4, 0.5) is 11.4 Å². The van der Waals surface area contributed by atoms with Crippen LogP contribution in [0.1, 0.15) is 10.6 Å². The van der Waals surface area contributed by atoms with E-state index in [0.717, 1.165) is 11.4 Å². The minimum atomic E-state index is -3.97. The van der Waals surface area contributed by atoms with Gasteiger partial charge in [0.05, 0.1) is 4.90 Å². The van der Waals surface area contributed by atoms with Gasteiger partial charge >= 0.3 is 5.91 Å². The summed E-state index contributed by atoms with van der Waals surface area (Å²) in [5.41, 5.74) is 2.37. The number of hydrogen-bond donors (Lipinski definition) is 1. The number of anilines is 2. The molecule has 0 unspecified atom stereocenters. The fraction of sp³-hybridized carbons (Fsp3) is 0.0455. The number of amides is 1. The Morgan fingerprint density at radius 3 is 2.21 bits per heavy atom. The number of carbonyl (C=O) groups is 1. The first-order chi connectivity index (χ1) is 13.9. The third kappa shape index (κ3) is 3.86. The van der Waals surface area contributed by atoms with Crippen LogP contribution in [0.25, 0.3) is 11.0 Å². The largest absolute Gasteiger partial charge is 0.451 e. The molecule has 1 amide bonds. The molecule has 7 heteroatoms. The summed E-state index contributed by atoms with van der Waals surface area (Å²) in [4.78, 5) is 14.4. The lowest BCUT2D eigenvalue weighted by molar-refractivity contribution is 0.0956. The Hall–Kier alpha value is -3.58. The fourth-order valence-electron chi connectivity index (χ4n) is 2.97. The molecule has 0 fully saturated rings. The molecule has 0 aliphatic heterocycles. The van der Waals surface area contributed by atoms with Crippen LogP contribution in [0.2, 0.25) is 0 Å². The summed E-state index contributed by atoms with van der Waals surface area (Å²) >= 11 is 0. The van der Waals surface area contributed by atoms with Crippen molar-refractivity contribution in [1.29, 1.82) is 0 Å². The molecule has 4 aromatic rings. The van der Waals surface area contributed by atoms with E-state index in [1.165, 1.54) is 18.2 Å². The van der Waals surface area contributed by atoms with Crippen LogP contribution in [0.5, 0.6) is 0 Å². The average Bonchev–Trinajstić information content (AvgIpc) is 3.18. The Kier molecular flexibility index (Phi) is 4.82. The van der Waals surface area contributed by atoms with Gasteiger partial charge in [0.25, 0.3) is 10.0 Å². The second-order valence-electron chi connectivity index (χ2n) is 6.48. The summed E-state index contributed by atoms with van der Waals surface area (Å²) in [6, 6.07) is 24.6. The molecule has 0 saturated carbocycles. The number of rotatable bonds is 5. The van der Waals surface area contributed by atoms with Gasteiger partial charge in [-0.3, -0.25) is 4.79 Å². The van der Waals surface area contributed by atoms with Crippen molar-refractivity contribution in [3.05, 3.63) is 90.7 Å². The predicted molar refractivity (Wildman–Crippen MR) is 112 cm³/mol. The van der Waals surface area contributed by atoms with Crippen LogP contribution >= 0.6 is 0 Å². The first-order valence-electron chi connectivity index (χ1n) is 8.89. The quantitative estimate of drug-likeness (QED) is 0.534. The van der Waals surface area contributed by atoms with Crippen molar-refractivity contribution >= 4 is 38.3 Å².